The van der Waals surface area contributed by atoms with Crippen LogP contribution in [0.5, 0.6) is 5.75 Å². The highest BCUT2D eigenvalue weighted by molar-refractivity contribution is 9.13. The molecule has 6 nitrogen and oxygen atoms in total. The second kappa shape index (κ2) is 6.29. The Kier molecular flexibility index (Phi) is 4.33. The number of H-pyrrole nitrogens is 1. The molecule has 0 spiro atoms. The van der Waals surface area contributed by atoms with Crippen LogP contribution in [0.2, 0.25) is 0 Å². The van der Waals surface area contributed by atoms with Gasteiger partial charge in [-0.15, -0.1) is 0 Å². The van der Waals surface area contributed by atoms with Crippen molar-refractivity contribution in [2.24, 2.45) is 0 Å². The van der Waals surface area contributed by atoms with E-state index in [1.54, 1.807) is 30.3 Å². The molecule has 2 aromatic carbocycles. The molecular formula is C16H10Br2N2O4. The summed E-state index contributed by atoms with van der Waals surface area (Å²) in [6.45, 7) is 0. The monoisotopic (exact) mass is 452 g/mol. The summed E-state index contributed by atoms with van der Waals surface area (Å²) >= 11 is 6.62. The fourth-order valence-corrected chi connectivity index (χ4v) is 2.89. The van der Waals surface area contributed by atoms with Gasteiger partial charge >= 0.3 is 11.9 Å². The molecule has 0 bridgehead atoms. The zero-order valence-corrected chi connectivity index (χ0v) is 15.1. The minimum atomic E-state index is -1.06. The van der Waals surface area contributed by atoms with E-state index in [9.17, 15) is 9.59 Å². The molecule has 1 heterocycles. The van der Waals surface area contributed by atoms with Crippen molar-refractivity contribution in [3.05, 3.63) is 56.6 Å². The number of carbonyl (C=O) groups excluding carboxylic acids is 1. The molecule has 0 aliphatic heterocycles. The van der Waals surface area contributed by atoms with Crippen LogP contribution >= 0.6 is 31.9 Å². The van der Waals surface area contributed by atoms with E-state index >= 15 is 0 Å². The Morgan fingerprint density at radius 2 is 1.79 bits per heavy atom. The number of carboxylic acids is 1. The maximum atomic E-state index is 12.3. The highest BCUT2D eigenvalue weighted by atomic mass is 79.9. The first-order chi connectivity index (χ1) is 11.3. The standard InChI is InChI=1S/C16H10Br2N2O4/c17-10-5-9(12(19)6-11(10)18)16(23)24-8-1-2-13-7(3-8)4-14(20-13)15(21)22/h1-6,20H,19H2,(H,21,22). The average Bonchev–Trinajstić information content (AvgIpc) is 2.94. The third-order valence-corrected chi connectivity index (χ3v) is 5.19. The van der Waals surface area contributed by atoms with Gasteiger partial charge in [-0.25, -0.2) is 9.59 Å². The number of nitrogen functional groups attached to an aromatic ring is 1. The Morgan fingerprint density at radius 1 is 1.08 bits per heavy atom. The Labute approximate surface area is 152 Å². The van der Waals surface area contributed by atoms with Crippen LogP contribution in [-0.2, 0) is 0 Å². The van der Waals surface area contributed by atoms with E-state index in [4.69, 9.17) is 15.6 Å². The topological polar surface area (TPSA) is 105 Å². The number of rotatable bonds is 3. The van der Waals surface area contributed by atoms with E-state index in [1.807, 2.05) is 0 Å². The highest BCUT2D eigenvalue weighted by Gasteiger charge is 2.15. The minimum absolute atomic E-state index is 0.0644. The van der Waals surface area contributed by atoms with Gasteiger partial charge in [-0.3, -0.25) is 0 Å². The van der Waals surface area contributed by atoms with E-state index in [0.717, 1.165) is 4.47 Å². The molecule has 122 valence electrons. The largest absolute Gasteiger partial charge is 0.477 e. The normalized spacial score (nSPS) is 10.8. The van der Waals surface area contributed by atoms with Crippen LogP contribution in [0.15, 0.2) is 45.3 Å². The van der Waals surface area contributed by atoms with Crippen molar-refractivity contribution in [2.75, 3.05) is 5.73 Å². The molecule has 0 radical (unpaired) electrons. The second-order valence-corrected chi connectivity index (χ2v) is 6.69. The summed E-state index contributed by atoms with van der Waals surface area (Å²) in [6, 6.07) is 9.45. The Morgan fingerprint density at radius 3 is 2.50 bits per heavy atom. The van der Waals surface area contributed by atoms with Gasteiger partial charge in [0.05, 0.1) is 5.56 Å². The lowest BCUT2D eigenvalue weighted by atomic mass is 10.2. The maximum Gasteiger partial charge on any atom is 0.352 e. The number of ether oxygens (including phenoxy) is 1. The first-order valence-electron chi connectivity index (χ1n) is 6.68. The first-order valence-corrected chi connectivity index (χ1v) is 8.26. The number of nitrogens with two attached hydrogens (primary N) is 1. The number of nitrogens with one attached hydrogen (secondary N) is 1. The molecule has 4 N–H and O–H groups in total. The number of hydrogen-bond donors (Lipinski definition) is 3. The van der Waals surface area contributed by atoms with E-state index in [2.05, 4.69) is 36.8 Å². The number of anilines is 1. The van der Waals surface area contributed by atoms with E-state index in [-0.39, 0.29) is 16.9 Å². The molecule has 3 rings (SSSR count). The third kappa shape index (κ3) is 3.15. The molecule has 0 saturated carbocycles. The smallest absolute Gasteiger partial charge is 0.352 e. The van der Waals surface area contributed by atoms with Crippen LogP contribution in [0, 0.1) is 0 Å². The van der Waals surface area contributed by atoms with Crippen molar-refractivity contribution in [1.82, 2.24) is 4.98 Å². The van der Waals surface area contributed by atoms with E-state index in [0.29, 0.717) is 21.1 Å². The number of halogens is 2. The van der Waals surface area contributed by atoms with Gasteiger partial charge < -0.3 is 20.6 Å². The number of aromatic amines is 1. The van der Waals surface area contributed by atoms with E-state index in [1.165, 1.54) is 6.07 Å². The molecule has 0 saturated heterocycles. The number of carbonyl (C=O) groups is 2. The lowest BCUT2D eigenvalue weighted by Crippen LogP contribution is -2.11. The van der Waals surface area contributed by atoms with Gasteiger partial charge in [0, 0.05) is 25.5 Å². The van der Waals surface area contributed by atoms with Crippen LogP contribution < -0.4 is 10.5 Å². The molecule has 0 aliphatic rings. The summed E-state index contributed by atoms with van der Waals surface area (Å²) in [5.74, 6) is -1.37. The van der Waals surface area contributed by atoms with Gasteiger partial charge in [0.25, 0.3) is 0 Å². The van der Waals surface area contributed by atoms with Crippen molar-refractivity contribution < 1.29 is 19.4 Å². The summed E-state index contributed by atoms with van der Waals surface area (Å²) in [6.07, 6.45) is 0. The molecule has 24 heavy (non-hydrogen) atoms. The van der Waals surface area contributed by atoms with Gasteiger partial charge in [0.1, 0.15) is 11.4 Å². The second-order valence-electron chi connectivity index (χ2n) is 4.98. The number of benzene rings is 2. The highest BCUT2D eigenvalue weighted by Crippen LogP contribution is 2.29. The lowest BCUT2D eigenvalue weighted by molar-refractivity contribution is 0.0689. The average molecular weight is 454 g/mol. The van der Waals surface area contributed by atoms with Crippen molar-refractivity contribution in [3.8, 4) is 5.75 Å². The number of carboxylic acid groups (broad SMARTS) is 1. The molecule has 0 unspecified atom stereocenters. The molecule has 8 heteroatoms. The minimum Gasteiger partial charge on any atom is -0.477 e. The summed E-state index contributed by atoms with van der Waals surface area (Å²) in [5, 5.41) is 9.62. The Balaban J connectivity index is 1.90. The van der Waals surface area contributed by atoms with Crippen LogP contribution in [0.1, 0.15) is 20.8 Å². The number of aromatic carboxylic acids is 1. The van der Waals surface area contributed by atoms with Crippen LogP contribution in [0.4, 0.5) is 5.69 Å². The number of esters is 1. The predicted molar refractivity (Wildman–Crippen MR) is 96.5 cm³/mol. The molecule has 0 amide bonds. The Bertz CT molecular complexity index is 982. The molecule has 3 aromatic rings. The number of fused-ring (bicyclic) bond motifs is 1. The fourth-order valence-electron chi connectivity index (χ4n) is 2.19. The third-order valence-electron chi connectivity index (χ3n) is 3.35. The zero-order chi connectivity index (χ0) is 17.4. The lowest BCUT2D eigenvalue weighted by Gasteiger charge is -2.08. The van der Waals surface area contributed by atoms with E-state index < -0.39 is 11.9 Å². The molecule has 0 fully saturated rings. The molecule has 0 atom stereocenters. The summed E-state index contributed by atoms with van der Waals surface area (Å²) < 4.78 is 6.74. The summed E-state index contributed by atoms with van der Waals surface area (Å²) in [5.41, 5.74) is 7.06. The summed E-state index contributed by atoms with van der Waals surface area (Å²) in [7, 11) is 0. The summed E-state index contributed by atoms with van der Waals surface area (Å²) in [4.78, 5) is 26.0. The number of hydrogen-bond acceptors (Lipinski definition) is 4. The van der Waals surface area contributed by atoms with Gasteiger partial charge in [-0.05, 0) is 68.3 Å². The SMILES string of the molecule is Nc1cc(Br)c(Br)cc1C(=O)Oc1ccc2[nH]c(C(=O)O)cc2c1. The van der Waals surface area contributed by atoms with Crippen molar-refractivity contribution in [3.63, 3.8) is 0 Å². The first kappa shape index (κ1) is 16.5. The van der Waals surface area contributed by atoms with Crippen molar-refractivity contribution in [1.29, 1.82) is 0 Å². The fraction of sp³-hybridized carbons (Fsp3) is 0. The van der Waals surface area contributed by atoms with Gasteiger partial charge in [-0.1, -0.05) is 0 Å². The molecular weight excluding hydrogens is 444 g/mol. The molecule has 0 aliphatic carbocycles. The molecule has 1 aromatic heterocycles. The zero-order valence-electron chi connectivity index (χ0n) is 12.0. The predicted octanol–water partition coefficient (Wildman–Crippen LogP) is 4.19. The Hall–Kier alpha value is -2.32. The van der Waals surface area contributed by atoms with Crippen molar-refractivity contribution >= 4 is 60.4 Å². The van der Waals surface area contributed by atoms with Crippen LogP contribution in [-0.4, -0.2) is 22.0 Å². The van der Waals surface area contributed by atoms with Gasteiger partial charge in [0.2, 0.25) is 0 Å². The van der Waals surface area contributed by atoms with Crippen LogP contribution in [0.25, 0.3) is 10.9 Å². The number of aromatic nitrogens is 1. The maximum absolute atomic E-state index is 12.3. The van der Waals surface area contributed by atoms with Crippen molar-refractivity contribution in [2.45, 2.75) is 0 Å². The van der Waals surface area contributed by atoms with Gasteiger partial charge in [-0.2, -0.15) is 0 Å². The van der Waals surface area contributed by atoms with Crippen LogP contribution in [0.3, 0.4) is 0 Å². The quantitative estimate of drug-likeness (QED) is 0.313. The van der Waals surface area contributed by atoms with Gasteiger partial charge in [0.15, 0.2) is 0 Å².